The number of hydrogen-bond donors (Lipinski definition) is 1. The molecule has 2 atom stereocenters. The average Bonchev–Trinajstić information content (AvgIpc) is 4.25. The van der Waals surface area contributed by atoms with Crippen molar-refractivity contribution in [3.63, 3.8) is 0 Å². The van der Waals surface area contributed by atoms with Crippen LogP contribution in [0, 0.1) is 37.5 Å². The lowest BCUT2D eigenvalue weighted by atomic mass is 9.68. The number of ether oxygens (including phenoxy) is 1. The molecule has 0 saturated heterocycles. The van der Waals surface area contributed by atoms with Gasteiger partial charge >= 0.3 is 11.9 Å². The predicted octanol–water partition coefficient (Wildman–Crippen LogP) is 16.4. The summed E-state index contributed by atoms with van der Waals surface area (Å²) < 4.78 is 17.7. The number of aromatic nitrogens is 2. The molecule has 2 aromatic carbocycles. The molecule has 0 spiro atoms. The summed E-state index contributed by atoms with van der Waals surface area (Å²) in [6.45, 7) is 18.7. The van der Waals surface area contributed by atoms with Gasteiger partial charge in [-0.1, -0.05) is 111 Å². The Morgan fingerprint density at radius 1 is 0.622 bits per heavy atom. The number of Topliss-reactive ketones (excluding diaryl/α,β-unsaturated/α-hetero) is 2. The van der Waals surface area contributed by atoms with Gasteiger partial charge in [-0.2, -0.15) is 0 Å². The lowest BCUT2D eigenvalue weighted by Crippen LogP contribution is -2.26. The van der Waals surface area contributed by atoms with Gasteiger partial charge in [-0.3, -0.25) is 19.2 Å². The van der Waals surface area contributed by atoms with Gasteiger partial charge in [0, 0.05) is 70.5 Å². The van der Waals surface area contributed by atoms with Crippen LogP contribution in [0.2, 0.25) is 10.0 Å². The predicted molar refractivity (Wildman–Crippen MR) is 292 cm³/mol. The number of carbonyl (C=O) groups is 4. The van der Waals surface area contributed by atoms with E-state index in [2.05, 4.69) is 38.0 Å². The number of carboxylic acids is 1. The largest absolute Gasteiger partial charge is 0.481 e. The van der Waals surface area contributed by atoms with Crippen molar-refractivity contribution >= 4 is 46.7 Å². The third-order valence-electron chi connectivity index (χ3n) is 16.6. The van der Waals surface area contributed by atoms with Crippen molar-refractivity contribution < 1.29 is 38.1 Å². The number of rotatable bonds is 26. The lowest BCUT2D eigenvalue weighted by Gasteiger charge is -2.36. The number of carbonyl (C=O) groups excluding carboxylic acids is 3. The summed E-state index contributed by atoms with van der Waals surface area (Å²) in [7, 11) is 0. The van der Waals surface area contributed by atoms with Gasteiger partial charge in [0.1, 0.15) is 28.7 Å². The second kappa shape index (κ2) is 25.7. The van der Waals surface area contributed by atoms with Crippen LogP contribution in [-0.2, 0) is 36.8 Å². The van der Waals surface area contributed by atoms with Crippen LogP contribution in [0.4, 0.5) is 0 Å². The van der Waals surface area contributed by atoms with Gasteiger partial charge in [-0.25, -0.2) is 0 Å². The molecule has 4 aliphatic rings. The highest BCUT2D eigenvalue weighted by molar-refractivity contribution is 6.32. The molecule has 2 heterocycles. The quantitative estimate of drug-likeness (QED) is 0.0602. The van der Waals surface area contributed by atoms with Crippen molar-refractivity contribution in [2.45, 2.75) is 232 Å². The number of carboxylic acid groups (broad SMARTS) is 1. The molecule has 0 radical (unpaired) electrons. The summed E-state index contributed by atoms with van der Waals surface area (Å²) in [4.78, 5) is 51.0. The molecule has 4 saturated carbocycles. The monoisotopic (exact) mass is 1050 g/mol. The van der Waals surface area contributed by atoms with Crippen molar-refractivity contribution in [2.75, 3.05) is 0 Å². The highest BCUT2D eigenvalue weighted by atomic mass is 35.5. The smallest absolute Gasteiger partial charge is 0.306 e. The Morgan fingerprint density at radius 2 is 1.01 bits per heavy atom. The zero-order chi connectivity index (χ0) is 53.4. The standard InChI is InChI=1S/C33H46ClNO4.C29H38ClNO4/c1-7-21(8-2)14-22-15-26(16-22)32-30(23-11-12-23)31(35-39-32)25(19-29(37)38-33(4,5)6)18-27(36)17-24-10-9-20(3)13-28(24)34;1-4-18(5-2)11-19-12-23(13-19)29-27(20-8-9-20)28(31-35-29)22(16-26(33)34)15-24(32)14-21-7-6-17(3)10-25(21)30/h9-10,13,21-23,25-26H,7-8,11-12,14-19H2,1-6H3;6-7,10,18-20,22-23H,4-5,8-9,11-16H2,1-3H3,(H,33,34). The number of esters is 1. The van der Waals surface area contributed by atoms with E-state index < -0.39 is 17.5 Å². The van der Waals surface area contributed by atoms with E-state index in [1.54, 1.807) is 0 Å². The van der Waals surface area contributed by atoms with Gasteiger partial charge < -0.3 is 18.9 Å². The van der Waals surface area contributed by atoms with E-state index in [1.807, 2.05) is 71.0 Å². The highest BCUT2D eigenvalue weighted by Crippen LogP contribution is 2.55. The van der Waals surface area contributed by atoms with Crippen LogP contribution in [0.25, 0.3) is 0 Å². The maximum absolute atomic E-state index is 13.3. The maximum atomic E-state index is 13.3. The fourth-order valence-electron chi connectivity index (χ4n) is 11.9. The summed E-state index contributed by atoms with van der Waals surface area (Å²) in [5.41, 5.74) is 6.88. The van der Waals surface area contributed by atoms with E-state index in [0.29, 0.717) is 39.4 Å². The van der Waals surface area contributed by atoms with Gasteiger partial charge in [0.15, 0.2) is 0 Å². The fourth-order valence-corrected chi connectivity index (χ4v) is 12.5. The zero-order valence-corrected chi connectivity index (χ0v) is 47.3. The minimum Gasteiger partial charge on any atom is -0.481 e. The first-order valence-corrected chi connectivity index (χ1v) is 29.0. The number of benzene rings is 2. The lowest BCUT2D eigenvalue weighted by molar-refractivity contribution is -0.155. The van der Waals surface area contributed by atoms with Crippen molar-refractivity contribution in [1.29, 1.82) is 0 Å². The molecule has 0 aliphatic heterocycles. The first kappa shape index (κ1) is 57.4. The number of aryl methyl sites for hydroxylation is 2. The molecular formula is C62H84Cl2N2O8. The molecule has 4 fully saturated rings. The normalized spacial score (nSPS) is 20.3. The number of halogens is 2. The maximum Gasteiger partial charge on any atom is 0.306 e. The Balaban J connectivity index is 0.000000217. The van der Waals surface area contributed by atoms with Crippen LogP contribution in [0.15, 0.2) is 45.4 Å². The molecule has 4 aliphatic carbocycles. The van der Waals surface area contributed by atoms with Crippen molar-refractivity contribution in [1.82, 2.24) is 10.3 Å². The van der Waals surface area contributed by atoms with Crippen LogP contribution in [0.1, 0.15) is 256 Å². The molecule has 404 valence electrons. The second-order valence-corrected chi connectivity index (χ2v) is 24.8. The number of hydrogen-bond acceptors (Lipinski definition) is 9. The second-order valence-electron chi connectivity index (χ2n) is 24.0. The first-order chi connectivity index (χ1) is 35.2. The van der Waals surface area contributed by atoms with Crippen molar-refractivity contribution in [3.8, 4) is 0 Å². The molecule has 2 unspecified atom stereocenters. The van der Waals surface area contributed by atoms with E-state index in [0.717, 1.165) is 120 Å². The SMILES string of the molecule is CCC(CC)CC1CC(c2onc(C(CC(=O)Cc3ccc(C)cc3Cl)CC(=O)OC(C)(C)C)c2C2CC2)C1.CCC(CC)CC1CC(c2onc(C(CC(=O)O)CC(=O)Cc3ccc(C)cc3Cl)c2C2CC2)C1. The summed E-state index contributed by atoms with van der Waals surface area (Å²) in [5, 5.41) is 19.8. The van der Waals surface area contributed by atoms with E-state index >= 15 is 0 Å². The van der Waals surface area contributed by atoms with Crippen LogP contribution in [0.3, 0.4) is 0 Å². The van der Waals surface area contributed by atoms with Crippen LogP contribution in [0.5, 0.6) is 0 Å². The minimum atomic E-state index is -0.920. The molecule has 2 aromatic heterocycles. The van der Waals surface area contributed by atoms with Crippen LogP contribution < -0.4 is 0 Å². The van der Waals surface area contributed by atoms with Gasteiger partial charge in [0.05, 0.1) is 24.2 Å². The van der Waals surface area contributed by atoms with E-state index in [1.165, 1.54) is 44.1 Å². The first-order valence-electron chi connectivity index (χ1n) is 28.2. The van der Waals surface area contributed by atoms with Crippen molar-refractivity contribution in [3.05, 3.63) is 103 Å². The molecular weight excluding hydrogens is 972 g/mol. The van der Waals surface area contributed by atoms with E-state index in [9.17, 15) is 24.3 Å². The molecule has 10 nitrogen and oxygen atoms in total. The molecule has 74 heavy (non-hydrogen) atoms. The highest BCUT2D eigenvalue weighted by Gasteiger charge is 2.44. The Bertz CT molecular complexity index is 2550. The Kier molecular flexibility index (Phi) is 19.9. The zero-order valence-electron chi connectivity index (χ0n) is 45.8. The van der Waals surface area contributed by atoms with E-state index in [4.69, 9.17) is 37.0 Å². The Labute approximate surface area is 451 Å². The topological polar surface area (TPSA) is 150 Å². The van der Waals surface area contributed by atoms with Crippen LogP contribution in [-0.4, -0.2) is 44.5 Å². The number of nitrogens with zero attached hydrogens (tertiary/aromatic N) is 2. The third-order valence-corrected chi connectivity index (χ3v) is 17.3. The number of ketones is 2. The molecule has 4 aromatic rings. The summed E-state index contributed by atoms with van der Waals surface area (Å²) in [6, 6.07) is 11.4. The minimum absolute atomic E-state index is 0.0258. The Hall–Kier alpha value is -4.28. The molecule has 0 amide bonds. The average molecular weight is 1060 g/mol. The van der Waals surface area contributed by atoms with Gasteiger partial charge in [-0.05, 0) is 169 Å². The summed E-state index contributed by atoms with van der Waals surface area (Å²) in [6.07, 6.45) is 17.2. The molecule has 8 rings (SSSR count). The van der Waals surface area contributed by atoms with Gasteiger partial charge in [0.2, 0.25) is 0 Å². The summed E-state index contributed by atoms with van der Waals surface area (Å²) >= 11 is 12.8. The fraction of sp³-hybridized carbons (Fsp3) is 0.645. The van der Waals surface area contributed by atoms with Crippen LogP contribution >= 0.6 is 23.2 Å². The third kappa shape index (κ3) is 15.7. The molecule has 12 heteroatoms. The molecule has 0 bridgehead atoms. The molecule has 1 N–H and O–H groups in total. The van der Waals surface area contributed by atoms with Crippen molar-refractivity contribution in [2.24, 2.45) is 23.7 Å². The van der Waals surface area contributed by atoms with E-state index in [-0.39, 0.29) is 62.0 Å². The Morgan fingerprint density at radius 3 is 1.35 bits per heavy atom. The number of aliphatic carboxylic acids is 1. The van der Waals surface area contributed by atoms with Gasteiger partial charge in [-0.15, -0.1) is 0 Å². The van der Waals surface area contributed by atoms with Gasteiger partial charge in [0.25, 0.3) is 0 Å². The summed E-state index contributed by atoms with van der Waals surface area (Å²) in [5.74, 6) is 4.57.